The molecule has 106 valence electrons. The molecule has 2 unspecified atom stereocenters. The van der Waals surface area contributed by atoms with Crippen molar-refractivity contribution in [3.63, 3.8) is 0 Å². The van der Waals surface area contributed by atoms with Crippen LogP contribution in [-0.4, -0.2) is 31.9 Å². The summed E-state index contributed by atoms with van der Waals surface area (Å²) < 4.78 is 40.4. The minimum atomic E-state index is -3.78. The third-order valence-electron chi connectivity index (χ3n) is 3.45. The number of halogens is 2. The van der Waals surface area contributed by atoms with Gasteiger partial charge in [0, 0.05) is 23.6 Å². The molecule has 1 aromatic rings. The molecule has 0 saturated carbocycles. The van der Waals surface area contributed by atoms with Gasteiger partial charge in [-0.25, -0.2) is 12.8 Å². The molecule has 1 aliphatic heterocycles. The fraction of sp³-hybridized carbons (Fsp3) is 0.500. The Kier molecular flexibility index (Phi) is 4.29. The molecule has 0 radical (unpaired) electrons. The van der Waals surface area contributed by atoms with Crippen LogP contribution >= 0.6 is 15.9 Å². The number of nitrogens with two attached hydrogens (primary N) is 1. The van der Waals surface area contributed by atoms with Crippen LogP contribution in [0, 0.1) is 11.7 Å². The van der Waals surface area contributed by atoms with Gasteiger partial charge in [-0.1, -0.05) is 22.9 Å². The Hall–Kier alpha value is -0.500. The van der Waals surface area contributed by atoms with Crippen molar-refractivity contribution in [1.29, 1.82) is 0 Å². The first-order valence-electron chi connectivity index (χ1n) is 6.03. The van der Waals surface area contributed by atoms with Crippen molar-refractivity contribution in [3.8, 4) is 0 Å². The molecule has 1 fully saturated rings. The molecule has 0 aliphatic carbocycles. The molecule has 1 aromatic carbocycles. The van der Waals surface area contributed by atoms with Crippen molar-refractivity contribution in [2.75, 3.05) is 13.1 Å². The van der Waals surface area contributed by atoms with Gasteiger partial charge in [0.05, 0.1) is 0 Å². The van der Waals surface area contributed by atoms with Crippen molar-refractivity contribution >= 4 is 26.0 Å². The number of hydrogen-bond donors (Lipinski definition) is 1. The topological polar surface area (TPSA) is 63.4 Å². The smallest absolute Gasteiger partial charge is 0.245 e. The number of sulfonamides is 1. The van der Waals surface area contributed by atoms with Gasteiger partial charge in [-0.05, 0) is 30.5 Å². The summed E-state index contributed by atoms with van der Waals surface area (Å²) in [7, 11) is -3.78. The van der Waals surface area contributed by atoms with E-state index in [1.165, 1.54) is 16.4 Å². The van der Waals surface area contributed by atoms with Crippen molar-refractivity contribution in [1.82, 2.24) is 4.31 Å². The molecule has 1 heterocycles. The lowest BCUT2D eigenvalue weighted by molar-refractivity contribution is 0.249. The predicted molar refractivity (Wildman–Crippen MR) is 74.6 cm³/mol. The van der Waals surface area contributed by atoms with Crippen LogP contribution in [0.1, 0.15) is 13.3 Å². The third-order valence-corrected chi connectivity index (χ3v) is 5.84. The molecule has 0 spiro atoms. The Bertz CT molecular complexity index is 579. The van der Waals surface area contributed by atoms with Gasteiger partial charge in [0.2, 0.25) is 10.0 Å². The number of benzene rings is 1. The van der Waals surface area contributed by atoms with Gasteiger partial charge in [0.25, 0.3) is 0 Å². The molecule has 1 aliphatic rings. The molecule has 2 N–H and O–H groups in total. The summed E-state index contributed by atoms with van der Waals surface area (Å²) in [5, 5.41) is 0. The van der Waals surface area contributed by atoms with Crippen LogP contribution in [0.25, 0.3) is 0 Å². The first-order chi connectivity index (χ1) is 8.82. The average Bonchev–Trinajstić information content (AvgIpc) is 2.32. The average molecular weight is 351 g/mol. The second-order valence-electron chi connectivity index (χ2n) is 4.87. The van der Waals surface area contributed by atoms with E-state index in [1.807, 2.05) is 6.92 Å². The number of nitrogens with zero attached hydrogens (tertiary/aromatic N) is 1. The first kappa shape index (κ1) is 14.9. The minimum Gasteiger partial charge on any atom is -0.327 e. The summed E-state index contributed by atoms with van der Waals surface area (Å²) in [5.74, 6) is -0.668. The van der Waals surface area contributed by atoms with E-state index in [9.17, 15) is 12.8 Å². The first-order valence-corrected chi connectivity index (χ1v) is 8.26. The van der Waals surface area contributed by atoms with Crippen molar-refractivity contribution in [2.45, 2.75) is 24.3 Å². The number of hydrogen-bond acceptors (Lipinski definition) is 3. The van der Waals surface area contributed by atoms with Gasteiger partial charge in [0.15, 0.2) is 0 Å². The quantitative estimate of drug-likeness (QED) is 0.886. The van der Waals surface area contributed by atoms with Gasteiger partial charge < -0.3 is 5.73 Å². The highest BCUT2D eigenvalue weighted by atomic mass is 79.9. The monoisotopic (exact) mass is 350 g/mol. The summed E-state index contributed by atoms with van der Waals surface area (Å²) in [6.07, 6.45) is 0.596. The standard InChI is InChI=1S/C12H16BrFN2O2S/c1-8-7-16(5-4-11(8)15)19(17,18)12-3-2-9(13)6-10(12)14/h2-3,6,8,11H,4-5,7,15H2,1H3. The molecule has 0 amide bonds. The van der Waals surface area contributed by atoms with Crippen molar-refractivity contribution in [3.05, 3.63) is 28.5 Å². The molecule has 19 heavy (non-hydrogen) atoms. The molecular formula is C12H16BrFN2O2S. The van der Waals surface area contributed by atoms with E-state index in [2.05, 4.69) is 15.9 Å². The second kappa shape index (κ2) is 5.47. The van der Waals surface area contributed by atoms with Crippen LogP contribution in [0.15, 0.2) is 27.6 Å². The maximum Gasteiger partial charge on any atom is 0.245 e. The predicted octanol–water partition coefficient (Wildman–Crippen LogP) is 1.95. The van der Waals surface area contributed by atoms with E-state index < -0.39 is 15.8 Å². The van der Waals surface area contributed by atoms with E-state index in [0.717, 1.165) is 6.07 Å². The Morgan fingerprint density at radius 1 is 1.47 bits per heavy atom. The second-order valence-corrected chi connectivity index (χ2v) is 7.69. The Balaban J connectivity index is 2.32. The molecular weight excluding hydrogens is 335 g/mol. The fourth-order valence-electron chi connectivity index (χ4n) is 2.17. The Morgan fingerprint density at radius 2 is 2.16 bits per heavy atom. The highest BCUT2D eigenvalue weighted by Crippen LogP contribution is 2.26. The van der Waals surface area contributed by atoms with Crippen molar-refractivity contribution in [2.24, 2.45) is 11.7 Å². The third kappa shape index (κ3) is 2.99. The van der Waals surface area contributed by atoms with Gasteiger partial charge in [-0.3, -0.25) is 0 Å². The molecule has 4 nitrogen and oxygen atoms in total. The van der Waals surface area contributed by atoms with Crippen LogP contribution in [0.5, 0.6) is 0 Å². The normalized spacial score (nSPS) is 25.5. The lowest BCUT2D eigenvalue weighted by Gasteiger charge is -2.34. The van der Waals surface area contributed by atoms with Gasteiger partial charge in [-0.2, -0.15) is 4.31 Å². The van der Waals surface area contributed by atoms with Crippen LogP contribution in [0.4, 0.5) is 4.39 Å². The zero-order valence-corrected chi connectivity index (χ0v) is 12.9. The zero-order chi connectivity index (χ0) is 14.2. The maximum atomic E-state index is 13.8. The van der Waals surface area contributed by atoms with Gasteiger partial charge >= 0.3 is 0 Å². The highest BCUT2D eigenvalue weighted by molar-refractivity contribution is 9.10. The molecule has 2 rings (SSSR count). The molecule has 0 aromatic heterocycles. The lowest BCUT2D eigenvalue weighted by Crippen LogP contribution is -2.48. The maximum absolute atomic E-state index is 13.8. The van der Waals surface area contributed by atoms with Gasteiger partial charge in [-0.15, -0.1) is 0 Å². The van der Waals surface area contributed by atoms with Crippen molar-refractivity contribution < 1.29 is 12.8 Å². The lowest BCUT2D eigenvalue weighted by atomic mass is 9.96. The summed E-state index contributed by atoms with van der Waals surface area (Å²) in [5.41, 5.74) is 5.87. The number of rotatable bonds is 2. The molecule has 7 heteroatoms. The molecule has 2 atom stereocenters. The van der Waals surface area contributed by atoms with Gasteiger partial charge in [0.1, 0.15) is 10.7 Å². The zero-order valence-electron chi connectivity index (χ0n) is 10.5. The Morgan fingerprint density at radius 3 is 2.74 bits per heavy atom. The van der Waals surface area contributed by atoms with E-state index in [0.29, 0.717) is 24.0 Å². The SMILES string of the molecule is CC1CN(S(=O)(=O)c2ccc(Br)cc2F)CCC1N. The van der Waals surface area contributed by atoms with Crippen LogP contribution in [0.2, 0.25) is 0 Å². The van der Waals surface area contributed by atoms with E-state index >= 15 is 0 Å². The summed E-state index contributed by atoms with van der Waals surface area (Å²) in [6.45, 7) is 2.58. The fourth-order valence-corrected chi connectivity index (χ4v) is 4.10. The molecule has 0 bridgehead atoms. The van der Waals surface area contributed by atoms with Crippen LogP contribution in [-0.2, 0) is 10.0 Å². The summed E-state index contributed by atoms with van der Waals surface area (Å²) in [4.78, 5) is -0.279. The van der Waals surface area contributed by atoms with Crippen LogP contribution < -0.4 is 5.73 Å². The van der Waals surface area contributed by atoms with E-state index in [1.54, 1.807) is 0 Å². The Labute approximate surface area is 121 Å². The molecule has 1 saturated heterocycles. The largest absolute Gasteiger partial charge is 0.327 e. The van der Waals surface area contributed by atoms with E-state index in [-0.39, 0.29) is 16.9 Å². The minimum absolute atomic E-state index is 0.00112. The van der Waals surface area contributed by atoms with Crippen LogP contribution in [0.3, 0.4) is 0 Å². The van der Waals surface area contributed by atoms with E-state index in [4.69, 9.17) is 5.73 Å². The highest BCUT2D eigenvalue weighted by Gasteiger charge is 2.33. The summed E-state index contributed by atoms with van der Waals surface area (Å²) >= 11 is 3.11. The number of piperidine rings is 1. The summed E-state index contributed by atoms with van der Waals surface area (Å²) in [6, 6.07) is 3.97.